The summed E-state index contributed by atoms with van der Waals surface area (Å²) < 4.78 is 5.66. The van der Waals surface area contributed by atoms with Crippen molar-refractivity contribution in [1.29, 1.82) is 0 Å². The number of nitrogens with one attached hydrogen (secondary N) is 1. The molecule has 0 amide bonds. The van der Waals surface area contributed by atoms with Crippen LogP contribution in [0.15, 0.2) is 54.6 Å². The van der Waals surface area contributed by atoms with Gasteiger partial charge < -0.3 is 20.3 Å². The van der Waals surface area contributed by atoms with Gasteiger partial charge in [0.2, 0.25) is 0 Å². The second-order valence-corrected chi connectivity index (χ2v) is 4.16. The van der Waals surface area contributed by atoms with Gasteiger partial charge in [0.05, 0.1) is 12.7 Å². The van der Waals surface area contributed by atoms with E-state index in [2.05, 4.69) is 5.32 Å². The standard InChI is InChI=1S/C15H17NO3/c17-11-13(18)10-16-12-6-8-15(9-7-12)19-14-4-2-1-3-5-14/h1-9,13,16-18H,10-11H2/t13-/m0/s1. The molecule has 0 bridgehead atoms. The maximum absolute atomic E-state index is 9.23. The minimum atomic E-state index is -0.750. The number of hydrogen-bond acceptors (Lipinski definition) is 4. The summed E-state index contributed by atoms with van der Waals surface area (Å²) in [6.07, 6.45) is -0.750. The Kier molecular flexibility index (Phi) is 4.78. The van der Waals surface area contributed by atoms with Crippen molar-refractivity contribution >= 4 is 5.69 Å². The van der Waals surface area contributed by atoms with Gasteiger partial charge in [-0.25, -0.2) is 0 Å². The lowest BCUT2D eigenvalue weighted by atomic mass is 10.3. The van der Waals surface area contributed by atoms with Crippen molar-refractivity contribution in [2.75, 3.05) is 18.5 Å². The topological polar surface area (TPSA) is 61.7 Å². The van der Waals surface area contributed by atoms with Gasteiger partial charge in [-0.2, -0.15) is 0 Å². The molecule has 0 aliphatic heterocycles. The number of ether oxygens (including phenoxy) is 1. The molecule has 4 heteroatoms. The zero-order valence-electron chi connectivity index (χ0n) is 10.5. The second-order valence-electron chi connectivity index (χ2n) is 4.16. The molecule has 0 fully saturated rings. The highest BCUT2D eigenvalue weighted by atomic mass is 16.5. The van der Waals surface area contributed by atoms with Crippen LogP contribution in [0.5, 0.6) is 11.5 Å². The Hall–Kier alpha value is -2.04. The number of anilines is 1. The van der Waals surface area contributed by atoms with Crippen LogP contribution >= 0.6 is 0 Å². The fraction of sp³-hybridized carbons (Fsp3) is 0.200. The van der Waals surface area contributed by atoms with Crippen molar-refractivity contribution < 1.29 is 14.9 Å². The van der Waals surface area contributed by atoms with E-state index in [1.54, 1.807) is 0 Å². The number of aliphatic hydroxyl groups is 2. The van der Waals surface area contributed by atoms with E-state index in [9.17, 15) is 5.11 Å². The fourth-order valence-electron chi connectivity index (χ4n) is 1.57. The molecule has 2 rings (SSSR count). The van der Waals surface area contributed by atoms with Gasteiger partial charge in [-0.1, -0.05) is 18.2 Å². The largest absolute Gasteiger partial charge is 0.457 e. The molecule has 0 saturated carbocycles. The second kappa shape index (κ2) is 6.78. The van der Waals surface area contributed by atoms with Crippen LogP contribution in [0.25, 0.3) is 0 Å². The Morgan fingerprint density at radius 3 is 2.21 bits per heavy atom. The SMILES string of the molecule is OC[C@@H](O)CNc1ccc(Oc2ccccc2)cc1. The molecule has 0 unspecified atom stereocenters. The highest BCUT2D eigenvalue weighted by Gasteiger charge is 2.01. The number of rotatable bonds is 6. The van der Waals surface area contributed by atoms with Gasteiger partial charge >= 0.3 is 0 Å². The summed E-state index contributed by atoms with van der Waals surface area (Å²) in [5.74, 6) is 1.54. The lowest BCUT2D eigenvalue weighted by molar-refractivity contribution is 0.105. The molecular formula is C15H17NO3. The van der Waals surface area contributed by atoms with Crippen molar-refractivity contribution in [3.8, 4) is 11.5 Å². The average molecular weight is 259 g/mol. The molecule has 100 valence electrons. The van der Waals surface area contributed by atoms with Crippen molar-refractivity contribution in [1.82, 2.24) is 0 Å². The van der Waals surface area contributed by atoms with Gasteiger partial charge in [0.1, 0.15) is 11.5 Å². The molecular weight excluding hydrogens is 242 g/mol. The van der Waals surface area contributed by atoms with Crippen LogP contribution in [0.1, 0.15) is 0 Å². The van der Waals surface area contributed by atoms with Crippen LogP contribution in [0.3, 0.4) is 0 Å². The fourth-order valence-corrected chi connectivity index (χ4v) is 1.57. The van der Waals surface area contributed by atoms with Gasteiger partial charge in [-0.15, -0.1) is 0 Å². The molecule has 4 nitrogen and oxygen atoms in total. The van der Waals surface area contributed by atoms with E-state index in [1.165, 1.54) is 0 Å². The van der Waals surface area contributed by atoms with Crippen LogP contribution in [-0.2, 0) is 0 Å². The van der Waals surface area contributed by atoms with Gasteiger partial charge in [-0.3, -0.25) is 0 Å². The Bertz CT molecular complexity index is 485. The minimum absolute atomic E-state index is 0.248. The zero-order chi connectivity index (χ0) is 13.5. The minimum Gasteiger partial charge on any atom is -0.457 e. The molecule has 3 N–H and O–H groups in total. The monoisotopic (exact) mass is 259 g/mol. The quantitative estimate of drug-likeness (QED) is 0.744. The maximum atomic E-state index is 9.23. The van der Waals surface area contributed by atoms with Crippen molar-refractivity contribution in [3.63, 3.8) is 0 Å². The first kappa shape index (κ1) is 13.4. The van der Waals surface area contributed by atoms with Crippen molar-refractivity contribution in [3.05, 3.63) is 54.6 Å². The molecule has 0 aromatic heterocycles. The van der Waals surface area contributed by atoms with E-state index in [1.807, 2.05) is 54.6 Å². The normalized spacial score (nSPS) is 11.9. The first-order chi connectivity index (χ1) is 9.28. The number of benzene rings is 2. The van der Waals surface area contributed by atoms with Crippen molar-refractivity contribution in [2.45, 2.75) is 6.10 Å². The van der Waals surface area contributed by atoms with E-state index in [4.69, 9.17) is 9.84 Å². The Labute approximate surface area is 112 Å². The summed E-state index contributed by atoms with van der Waals surface area (Å²) in [4.78, 5) is 0. The number of aliphatic hydroxyl groups excluding tert-OH is 2. The highest BCUT2D eigenvalue weighted by Crippen LogP contribution is 2.22. The van der Waals surface area contributed by atoms with E-state index in [0.29, 0.717) is 6.54 Å². The molecule has 2 aromatic carbocycles. The van der Waals surface area contributed by atoms with E-state index in [0.717, 1.165) is 17.2 Å². The molecule has 0 aliphatic carbocycles. The molecule has 0 radical (unpaired) electrons. The van der Waals surface area contributed by atoms with Gasteiger partial charge in [0.25, 0.3) is 0 Å². The highest BCUT2D eigenvalue weighted by molar-refractivity contribution is 5.47. The lowest BCUT2D eigenvalue weighted by Gasteiger charge is -2.11. The van der Waals surface area contributed by atoms with Crippen LogP contribution in [0.2, 0.25) is 0 Å². The third-order valence-electron chi connectivity index (χ3n) is 2.59. The first-order valence-electron chi connectivity index (χ1n) is 6.13. The Morgan fingerprint density at radius 2 is 1.58 bits per heavy atom. The third-order valence-corrected chi connectivity index (χ3v) is 2.59. The van der Waals surface area contributed by atoms with Crippen LogP contribution in [0.4, 0.5) is 5.69 Å². The average Bonchev–Trinajstić information content (AvgIpc) is 2.47. The lowest BCUT2D eigenvalue weighted by Crippen LogP contribution is -2.22. The van der Waals surface area contributed by atoms with Gasteiger partial charge in [0, 0.05) is 12.2 Å². The smallest absolute Gasteiger partial charge is 0.127 e. The van der Waals surface area contributed by atoms with Gasteiger partial charge in [0.15, 0.2) is 0 Å². The maximum Gasteiger partial charge on any atom is 0.127 e. The van der Waals surface area contributed by atoms with Crippen LogP contribution < -0.4 is 10.1 Å². The first-order valence-corrected chi connectivity index (χ1v) is 6.13. The van der Waals surface area contributed by atoms with E-state index < -0.39 is 6.10 Å². The summed E-state index contributed by atoms with van der Waals surface area (Å²) in [7, 11) is 0. The van der Waals surface area contributed by atoms with E-state index >= 15 is 0 Å². The molecule has 0 spiro atoms. The molecule has 0 saturated heterocycles. The number of hydrogen-bond donors (Lipinski definition) is 3. The Balaban J connectivity index is 1.91. The third kappa shape index (κ3) is 4.28. The molecule has 0 aliphatic rings. The predicted molar refractivity (Wildman–Crippen MR) is 74.5 cm³/mol. The molecule has 0 heterocycles. The summed E-state index contributed by atoms with van der Waals surface area (Å²) in [6, 6.07) is 17.0. The molecule has 1 atom stereocenters. The zero-order valence-corrected chi connectivity index (χ0v) is 10.5. The van der Waals surface area contributed by atoms with Crippen LogP contribution in [0, 0.1) is 0 Å². The summed E-state index contributed by atoms with van der Waals surface area (Å²) in [6.45, 7) is 0.0671. The van der Waals surface area contributed by atoms with Crippen molar-refractivity contribution in [2.24, 2.45) is 0 Å². The summed E-state index contributed by atoms with van der Waals surface area (Å²) >= 11 is 0. The predicted octanol–water partition coefficient (Wildman–Crippen LogP) is 2.24. The van der Waals surface area contributed by atoms with Crippen LogP contribution in [-0.4, -0.2) is 29.5 Å². The van der Waals surface area contributed by atoms with E-state index in [-0.39, 0.29) is 6.61 Å². The van der Waals surface area contributed by atoms with Gasteiger partial charge in [-0.05, 0) is 36.4 Å². The molecule has 19 heavy (non-hydrogen) atoms. The summed E-state index contributed by atoms with van der Waals surface area (Å²) in [5.41, 5.74) is 0.868. The Morgan fingerprint density at radius 1 is 0.947 bits per heavy atom. The molecule has 2 aromatic rings. The summed E-state index contributed by atoms with van der Waals surface area (Å²) in [5, 5.41) is 21.0. The number of para-hydroxylation sites is 1.